The average Bonchev–Trinajstić information content (AvgIpc) is 3.12. The van der Waals surface area contributed by atoms with Crippen molar-refractivity contribution >= 4 is 39.1 Å². The highest BCUT2D eigenvalue weighted by atomic mass is 32.1. The molecule has 7 nitrogen and oxygen atoms in total. The summed E-state index contributed by atoms with van der Waals surface area (Å²) >= 11 is 1.35. The van der Waals surface area contributed by atoms with E-state index in [4.69, 9.17) is 13.9 Å². The number of methoxy groups -OCH3 is 1. The third-order valence-corrected chi connectivity index (χ3v) is 5.50. The SMILES string of the molecule is COc1cc(NC(C)=O)cc(-c2csc3c(=O)cc(N4CCOCC4)oc23)c1. The molecule has 1 amide bonds. The summed E-state index contributed by atoms with van der Waals surface area (Å²) in [6.07, 6.45) is 0. The van der Waals surface area contributed by atoms with Gasteiger partial charge in [0.2, 0.25) is 11.3 Å². The minimum atomic E-state index is -0.171. The molecule has 0 unspecified atom stereocenters. The van der Waals surface area contributed by atoms with Gasteiger partial charge in [-0.25, -0.2) is 0 Å². The molecule has 0 atom stereocenters. The largest absolute Gasteiger partial charge is 0.497 e. The maximum absolute atomic E-state index is 12.6. The number of carbonyl (C=O) groups excluding carboxylic acids is 1. The number of nitrogens with zero attached hydrogens (tertiary/aromatic N) is 1. The summed E-state index contributed by atoms with van der Waals surface area (Å²) in [5, 5.41) is 4.67. The molecule has 2 aromatic heterocycles. The Bertz CT molecular complexity index is 1080. The van der Waals surface area contributed by atoms with Crippen LogP contribution in [0.15, 0.2) is 38.9 Å². The fourth-order valence-corrected chi connectivity index (χ4v) is 4.13. The van der Waals surface area contributed by atoms with Crippen LogP contribution in [0.2, 0.25) is 0 Å². The second-order valence-corrected chi connectivity index (χ2v) is 7.37. The van der Waals surface area contributed by atoms with Crippen LogP contribution >= 0.6 is 11.3 Å². The van der Waals surface area contributed by atoms with Crippen molar-refractivity contribution in [1.82, 2.24) is 0 Å². The van der Waals surface area contributed by atoms with Gasteiger partial charge < -0.3 is 24.1 Å². The van der Waals surface area contributed by atoms with Crippen LogP contribution in [0.25, 0.3) is 21.4 Å². The molecule has 0 bridgehead atoms. The van der Waals surface area contributed by atoms with E-state index < -0.39 is 0 Å². The Labute approximate surface area is 165 Å². The van der Waals surface area contributed by atoms with E-state index in [1.807, 2.05) is 22.4 Å². The van der Waals surface area contributed by atoms with E-state index in [9.17, 15) is 9.59 Å². The first-order valence-electron chi connectivity index (χ1n) is 8.90. The van der Waals surface area contributed by atoms with Crippen molar-refractivity contribution in [2.75, 3.05) is 43.6 Å². The third kappa shape index (κ3) is 3.61. The Morgan fingerprint density at radius 1 is 1.21 bits per heavy atom. The standard InChI is InChI=1S/C20H20N2O5S/c1-12(23)21-14-7-13(8-15(9-14)25-2)16-11-28-20-17(24)10-18(27-19(16)20)22-3-5-26-6-4-22/h7-11H,3-6H2,1-2H3,(H,21,23). The molecule has 1 aliphatic rings. The zero-order chi connectivity index (χ0) is 19.7. The maximum atomic E-state index is 12.6. The third-order valence-electron chi connectivity index (χ3n) is 4.53. The molecule has 0 aliphatic carbocycles. The number of carbonyl (C=O) groups is 1. The van der Waals surface area contributed by atoms with Gasteiger partial charge in [0.1, 0.15) is 10.4 Å². The highest BCUT2D eigenvalue weighted by molar-refractivity contribution is 7.17. The van der Waals surface area contributed by atoms with E-state index >= 15 is 0 Å². The van der Waals surface area contributed by atoms with Gasteiger partial charge in [0.05, 0.1) is 20.3 Å². The average molecular weight is 400 g/mol. The van der Waals surface area contributed by atoms with Crippen LogP contribution in [0.4, 0.5) is 11.6 Å². The number of anilines is 2. The van der Waals surface area contributed by atoms with Crippen LogP contribution in [0.3, 0.4) is 0 Å². The number of morpholine rings is 1. The molecule has 3 aromatic rings. The van der Waals surface area contributed by atoms with Gasteiger partial charge in [0.25, 0.3) is 0 Å². The summed E-state index contributed by atoms with van der Waals surface area (Å²) < 4.78 is 17.5. The lowest BCUT2D eigenvalue weighted by molar-refractivity contribution is -0.114. The normalized spacial score (nSPS) is 14.3. The van der Waals surface area contributed by atoms with Crippen LogP contribution < -0.4 is 20.4 Å². The molecular weight excluding hydrogens is 380 g/mol. The number of hydrogen-bond acceptors (Lipinski definition) is 7. The Balaban J connectivity index is 1.83. The fourth-order valence-electron chi connectivity index (χ4n) is 3.22. The van der Waals surface area contributed by atoms with Gasteiger partial charge in [-0.3, -0.25) is 9.59 Å². The summed E-state index contributed by atoms with van der Waals surface area (Å²) in [6.45, 7) is 4.02. The maximum Gasteiger partial charge on any atom is 0.221 e. The lowest BCUT2D eigenvalue weighted by Crippen LogP contribution is -2.36. The minimum absolute atomic E-state index is 0.0658. The van der Waals surface area contributed by atoms with Gasteiger partial charge in [-0.1, -0.05) is 0 Å². The predicted molar refractivity (Wildman–Crippen MR) is 110 cm³/mol. The quantitative estimate of drug-likeness (QED) is 0.724. The van der Waals surface area contributed by atoms with E-state index in [0.29, 0.717) is 53.9 Å². The number of benzene rings is 1. The summed E-state index contributed by atoms with van der Waals surface area (Å²) in [7, 11) is 1.57. The molecule has 1 aliphatic heterocycles. The molecule has 3 heterocycles. The minimum Gasteiger partial charge on any atom is -0.497 e. The van der Waals surface area contributed by atoms with Gasteiger partial charge >= 0.3 is 0 Å². The first-order chi connectivity index (χ1) is 13.5. The van der Waals surface area contributed by atoms with Gasteiger partial charge in [-0.2, -0.15) is 0 Å². The molecule has 1 fully saturated rings. The second-order valence-electron chi connectivity index (χ2n) is 6.49. The molecule has 1 saturated heterocycles. The molecule has 0 radical (unpaired) electrons. The smallest absolute Gasteiger partial charge is 0.221 e. The second kappa shape index (κ2) is 7.65. The molecule has 146 valence electrons. The van der Waals surface area contributed by atoms with Crippen molar-refractivity contribution in [1.29, 1.82) is 0 Å². The molecule has 1 N–H and O–H groups in total. The molecule has 0 spiro atoms. The fraction of sp³-hybridized carbons (Fsp3) is 0.300. The number of rotatable bonds is 4. The lowest BCUT2D eigenvalue weighted by atomic mass is 10.1. The van der Waals surface area contributed by atoms with Crippen LogP contribution in [0, 0.1) is 0 Å². The first-order valence-corrected chi connectivity index (χ1v) is 9.78. The summed E-state index contributed by atoms with van der Waals surface area (Å²) in [5.41, 5.74) is 2.69. The van der Waals surface area contributed by atoms with Gasteiger partial charge in [0.15, 0.2) is 11.5 Å². The van der Waals surface area contributed by atoms with Crippen LogP contribution in [-0.2, 0) is 9.53 Å². The molecule has 4 rings (SSSR count). The summed E-state index contributed by atoms with van der Waals surface area (Å²) in [5.74, 6) is 0.980. The van der Waals surface area contributed by atoms with Crippen LogP contribution in [0.1, 0.15) is 6.92 Å². The highest BCUT2D eigenvalue weighted by Crippen LogP contribution is 2.37. The summed E-state index contributed by atoms with van der Waals surface area (Å²) in [6, 6.07) is 6.98. The molecular formula is C20H20N2O5S. The van der Waals surface area contributed by atoms with E-state index in [0.717, 1.165) is 11.1 Å². The van der Waals surface area contributed by atoms with Crippen molar-refractivity contribution in [2.24, 2.45) is 0 Å². The van der Waals surface area contributed by atoms with E-state index in [2.05, 4.69) is 5.32 Å². The topological polar surface area (TPSA) is 81.0 Å². The van der Waals surface area contributed by atoms with Crippen molar-refractivity contribution in [3.05, 3.63) is 39.9 Å². The zero-order valence-corrected chi connectivity index (χ0v) is 16.4. The van der Waals surface area contributed by atoms with Crippen molar-refractivity contribution in [3.8, 4) is 16.9 Å². The molecule has 28 heavy (non-hydrogen) atoms. The van der Waals surface area contributed by atoms with E-state index in [1.165, 1.54) is 18.3 Å². The van der Waals surface area contributed by atoms with Crippen LogP contribution in [-0.4, -0.2) is 39.3 Å². The number of nitrogens with one attached hydrogen (secondary N) is 1. The highest BCUT2D eigenvalue weighted by Gasteiger charge is 2.19. The molecule has 0 saturated carbocycles. The summed E-state index contributed by atoms with van der Waals surface area (Å²) in [4.78, 5) is 26.1. The van der Waals surface area contributed by atoms with Gasteiger partial charge in [0, 0.05) is 48.8 Å². The lowest BCUT2D eigenvalue weighted by Gasteiger charge is -2.27. The number of thiophene rings is 1. The Morgan fingerprint density at radius 2 is 2.00 bits per heavy atom. The first kappa shape index (κ1) is 18.5. The van der Waals surface area contributed by atoms with Crippen molar-refractivity contribution < 1.29 is 18.7 Å². The van der Waals surface area contributed by atoms with E-state index in [1.54, 1.807) is 19.2 Å². The molecule has 8 heteroatoms. The zero-order valence-electron chi connectivity index (χ0n) is 15.6. The Morgan fingerprint density at radius 3 is 2.71 bits per heavy atom. The van der Waals surface area contributed by atoms with E-state index in [-0.39, 0.29) is 11.3 Å². The monoisotopic (exact) mass is 400 g/mol. The molecule has 1 aromatic carbocycles. The number of hydrogen-bond donors (Lipinski definition) is 1. The Kier molecular flexibility index (Phi) is 5.06. The Hall–Kier alpha value is -2.84. The number of ether oxygens (including phenoxy) is 2. The number of amides is 1. The predicted octanol–water partition coefficient (Wildman–Crippen LogP) is 3.33. The number of fused-ring (bicyclic) bond motifs is 1. The van der Waals surface area contributed by atoms with Crippen LogP contribution in [0.5, 0.6) is 5.75 Å². The van der Waals surface area contributed by atoms with Crippen molar-refractivity contribution in [2.45, 2.75) is 6.92 Å². The van der Waals surface area contributed by atoms with Gasteiger partial charge in [-0.15, -0.1) is 11.3 Å². The van der Waals surface area contributed by atoms with Gasteiger partial charge in [-0.05, 0) is 17.7 Å². The van der Waals surface area contributed by atoms with Crippen molar-refractivity contribution in [3.63, 3.8) is 0 Å².